The molecule has 112 valence electrons. The maximum absolute atomic E-state index is 12.6. The molecular formula is C17H17N3O2. The molecule has 1 atom stereocenters. The highest BCUT2D eigenvalue weighted by atomic mass is 16.2. The van der Waals surface area contributed by atoms with E-state index in [1.807, 2.05) is 37.3 Å². The van der Waals surface area contributed by atoms with Gasteiger partial charge in [0.25, 0.3) is 11.5 Å². The Labute approximate surface area is 127 Å². The average Bonchev–Trinajstić information content (AvgIpc) is 3.01. The largest absolute Gasteiger partial charge is 0.357 e. The fourth-order valence-electron chi connectivity index (χ4n) is 2.55. The van der Waals surface area contributed by atoms with Crippen LogP contribution in [0.3, 0.4) is 0 Å². The zero-order valence-electron chi connectivity index (χ0n) is 12.5. The first-order valence-corrected chi connectivity index (χ1v) is 7.10. The number of aromatic nitrogens is 2. The summed E-state index contributed by atoms with van der Waals surface area (Å²) in [6, 6.07) is 11.4. The van der Waals surface area contributed by atoms with Crippen molar-refractivity contribution in [1.82, 2.24) is 14.9 Å². The summed E-state index contributed by atoms with van der Waals surface area (Å²) < 4.78 is 1.42. The lowest BCUT2D eigenvalue weighted by molar-refractivity contribution is 0.0941. The molecule has 0 bridgehead atoms. The van der Waals surface area contributed by atoms with Crippen LogP contribution in [0.25, 0.3) is 10.9 Å². The second-order valence-electron chi connectivity index (χ2n) is 5.33. The van der Waals surface area contributed by atoms with Gasteiger partial charge in [0.1, 0.15) is 5.52 Å². The van der Waals surface area contributed by atoms with Crippen molar-refractivity contribution in [3.05, 3.63) is 70.3 Å². The number of rotatable bonds is 3. The highest BCUT2D eigenvalue weighted by Gasteiger charge is 2.16. The molecule has 0 saturated carbocycles. The third kappa shape index (κ3) is 2.41. The Balaban J connectivity index is 1.95. The van der Waals surface area contributed by atoms with Gasteiger partial charge in [-0.3, -0.25) is 9.59 Å². The monoisotopic (exact) mass is 295 g/mol. The van der Waals surface area contributed by atoms with Crippen molar-refractivity contribution >= 4 is 16.8 Å². The highest BCUT2D eigenvalue weighted by molar-refractivity contribution is 6.06. The number of aryl methyl sites for hydroxylation is 1. The fourth-order valence-corrected chi connectivity index (χ4v) is 2.55. The van der Waals surface area contributed by atoms with E-state index < -0.39 is 0 Å². The standard InChI is InChI=1S/C17H17N3O2/c1-11(12-6-4-3-5-7-12)19-16(21)14-10-20(2)17(22)15-13(14)8-9-18-15/h3-11,18H,1-2H3,(H,19,21)/t11-/m1/s1. The second-order valence-corrected chi connectivity index (χ2v) is 5.33. The summed E-state index contributed by atoms with van der Waals surface area (Å²) in [5.41, 5.74) is 1.82. The van der Waals surface area contributed by atoms with E-state index in [4.69, 9.17) is 0 Å². The third-order valence-corrected chi connectivity index (χ3v) is 3.79. The van der Waals surface area contributed by atoms with Gasteiger partial charge in [0.2, 0.25) is 0 Å². The summed E-state index contributed by atoms with van der Waals surface area (Å²) in [5, 5.41) is 3.61. The van der Waals surface area contributed by atoms with Crippen molar-refractivity contribution in [1.29, 1.82) is 0 Å². The van der Waals surface area contributed by atoms with E-state index in [0.717, 1.165) is 5.56 Å². The molecule has 2 heterocycles. The van der Waals surface area contributed by atoms with Crippen LogP contribution in [0.15, 0.2) is 53.6 Å². The molecule has 0 aliphatic heterocycles. The lowest BCUT2D eigenvalue weighted by atomic mass is 10.1. The minimum atomic E-state index is -0.198. The van der Waals surface area contributed by atoms with Gasteiger partial charge in [-0.1, -0.05) is 30.3 Å². The van der Waals surface area contributed by atoms with Crippen molar-refractivity contribution in [3.8, 4) is 0 Å². The minimum Gasteiger partial charge on any atom is -0.357 e. The molecule has 5 nitrogen and oxygen atoms in total. The number of H-pyrrole nitrogens is 1. The SMILES string of the molecule is C[C@@H](NC(=O)c1cn(C)c(=O)c2[nH]ccc12)c1ccccc1. The molecule has 0 saturated heterocycles. The first kappa shape index (κ1) is 14.1. The summed E-state index contributed by atoms with van der Waals surface area (Å²) in [6.45, 7) is 1.93. The second kappa shape index (κ2) is 5.52. The number of pyridine rings is 1. The van der Waals surface area contributed by atoms with Crippen LogP contribution in [0.2, 0.25) is 0 Å². The Bertz CT molecular complexity index is 878. The molecule has 1 aromatic carbocycles. The van der Waals surface area contributed by atoms with Crippen molar-refractivity contribution in [2.45, 2.75) is 13.0 Å². The quantitative estimate of drug-likeness (QED) is 0.779. The van der Waals surface area contributed by atoms with Gasteiger partial charge in [-0.25, -0.2) is 0 Å². The van der Waals surface area contributed by atoms with Gasteiger partial charge in [0.15, 0.2) is 0 Å². The summed E-state index contributed by atoms with van der Waals surface area (Å²) in [5.74, 6) is -0.198. The van der Waals surface area contributed by atoms with Crippen LogP contribution in [0.4, 0.5) is 0 Å². The van der Waals surface area contributed by atoms with Crippen molar-refractivity contribution < 1.29 is 4.79 Å². The molecular weight excluding hydrogens is 278 g/mol. The van der Waals surface area contributed by atoms with Crippen LogP contribution in [-0.2, 0) is 7.05 Å². The number of amides is 1. The van der Waals surface area contributed by atoms with Gasteiger partial charge < -0.3 is 14.9 Å². The number of hydrogen-bond acceptors (Lipinski definition) is 2. The number of benzene rings is 1. The van der Waals surface area contributed by atoms with Crippen LogP contribution in [0.1, 0.15) is 28.9 Å². The van der Waals surface area contributed by atoms with Crippen molar-refractivity contribution in [3.63, 3.8) is 0 Å². The predicted octanol–water partition coefficient (Wildman–Crippen LogP) is 2.36. The minimum absolute atomic E-state index is 0.111. The number of carbonyl (C=O) groups excluding carboxylic acids is 1. The van der Waals surface area contributed by atoms with Crippen LogP contribution >= 0.6 is 0 Å². The van der Waals surface area contributed by atoms with E-state index >= 15 is 0 Å². The Morgan fingerprint density at radius 1 is 1.23 bits per heavy atom. The molecule has 0 unspecified atom stereocenters. The normalized spacial score (nSPS) is 12.3. The smallest absolute Gasteiger partial charge is 0.274 e. The van der Waals surface area contributed by atoms with Crippen molar-refractivity contribution in [2.75, 3.05) is 0 Å². The maximum atomic E-state index is 12.6. The third-order valence-electron chi connectivity index (χ3n) is 3.79. The van der Waals surface area contributed by atoms with Crippen LogP contribution < -0.4 is 10.9 Å². The lowest BCUT2D eigenvalue weighted by Gasteiger charge is -2.15. The highest BCUT2D eigenvalue weighted by Crippen LogP contribution is 2.17. The molecule has 0 aliphatic rings. The molecule has 22 heavy (non-hydrogen) atoms. The number of carbonyl (C=O) groups is 1. The van der Waals surface area contributed by atoms with Crippen molar-refractivity contribution in [2.24, 2.45) is 7.05 Å². The Hall–Kier alpha value is -2.82. The van der Waals surface area contributed by atoms with Crippen LogP contribution in [0.5, 0.6) is 0 Å². The Kier molecular flexibility index (Phi) is 3.55. The zero-order valence-corrected chi connectivity index (χ0v) is 12.5. The van der Waals surface area contributed by atoms with E-state index in [2.05, 4.69) is 10.3 Å². The van der Waals surface area contributed by atoms with Gasteiger partial charge >= 0.3 is 0 Å². The first-order chi connectivity index (χ1) is 10.6. The summed E-state index contributed by atoms with van der Waals surface area (Å²) in [6.07, 6.45) is 3.25. The molecule has 0 fully saturated rings. The van der Waals surface area contributed by atoms with E-state index in [9.17, 15) is 9.59 Å². The zero-order chi connectivity index (χ0) is 15.7. The predicted molar refractivity (Wildman–Crippen MR) is 85.9 cm³/mol. The Morgan fingerprint density at radius 3 is 2.68 bits per heavy atom. The van der Waals surface area contributed by atoms with E-state index in [1.54, 1.807) is 25.5 Å². The number of hydrogen-bond donors (Lipinski definition) is 2. The summed E-state index contributed by atoms with van der Waals surface area (Å²) >= 11 is 0. The maximum Gasteiger partial charge on any atom is 0.274 e. The molecule has 0 aliphatic carbocycles. The lowest BCUT2D eigenvalue weighted by Crippen LogP contribution is -2.28. The molecule has 1 amide bonds. The topological polar surface area (TPSA) is 66.9 Å². The molecule has 3 aromatic rings. The fraction of sp³-hybridized carbons (Fsp3) is 0.176. The van der Waals surface area contributed by atoms with Gasteiger partial charge in [0.05, 0.1) is 11.6 Å². The van der Waals surface area contributed by atoms with E-state index in [-0.39, 0.29) is 17.5 Å². The molecule has 2 N–H and O–H groups in total. The van der Waals surface area contributed by atoms with Gasteiger partial charge in [-0.05, 0) is 18.6 Å². The average molecular weight is 295 g/mol. The number of fused-ring (bicyclic) bond motifs is 1. The first-order valence-electron chi connectivity index (χ1n) is 7.10. The molecule has 0 radical (unpaired) electrons. The molecule has 3 rings (SSSR count). The van der Waals surface area contributed by atoms with Gasteiger partial charge in [-0.15, -0.1) is 0 Å². The summed E-state index contributed by atoms with van der Waals surface area (Å²) in [4.78, 5) is 27.5. The van der Waals surface area contributed by atoms with Crippen LogP contribution in [0, 0.1) is 0 Å². The number of nitrogens with one attached hydrogen (secondary N) is 2. The van der Waals surface area contributed by atoms with Gasteiger partial charge in [-0.2, -0.15) is 0 Å². The molecule has 2 aromatic heterocycles. The Morgan fingerprint density at radius 2 is 1.95 bits per heavy atom. The molecule has 5 heteroatoms. The van der Waals surface area contributed by atoms with E-state index in [1.165, 1.54) is 4.57 Å². The number of nitrogens with zero attached hydrogens (tertiary/aromatic N) is 1. The molecule has 0 spiro atoms. The summed E-state index contributed by atoms with van der Waals surface area (Å²) in [7, 11) is 1.64. The van der Waals surface area contributed by atoms with E-state index in [0.29, 0.717) is 16.5 Å². The van der Waals surface area contributed by atoms with Gasteiger partial charge in [0, 0.05) is 24.8 Å². The van der Waals surface area contributed by atoms with Crippen LogP contribution in [-0.4, -0.2) is 15.5 Å². The number of aromatic amines is 1.